The topological polar surface area (TPSA) is 93.7 Å². The van der Waals surface area contributed by atoms with E-state index in [0.717, 1.165) is 5.75 Å². The van der Waals surface area contributed by atoms with Crippen LogP contribution in [0.25, 0.3) is 0 Å². The van der Waals surface area contributed by atoms with Gasteiger partial charge in [-0.3, -0.25) is 14.4 Å². The Bertz CT molecular complexity index is 1080. The monoisotopic (exact) mass is 432 g/mol. The largest absolute Gasteiger partial charge is 0.494 e. The molecular weight excluding hydrogens is 408 g/mol. The second-order valence-electron chi connectivity index (χ2n) is 6.97. The number of amides is 2. The molecule has 0 unspecified atom stereocenters. The normalized spacial score (nSPS) is 10.2. The van der Waals surface area contributed by atoms with E-state index in [0.29, 0.717) is 42.1 Å². The van der Waals surface area contributed by atoms with Crippen LogP contribution in [0.2, 0.25) is 0 Å². The molecule has 3 rings (SSSR count). The molecule has 0 heterocycles. The minimum absolute atomic E-state index is 0.140. The van der Waals surface area contributed by atoms with Crippen LogP contribution < -0.4 is 20.1 Å². The fourth-order valence-corrected chi connectivity index (χ4v) is 2.91. The number of esters is 1. The molecule has 0 atom stereocenters. The Morgan fingerprint density at radius 3 is 2.22 bits per heavy atom. The van der Waals surface area contributed by atoms with Gasteiger partial charge in [0.15, 0.2) is 0 Å². The molecule has 0 aromatic heterocycles. The molecule has 164 valence electrons. The average Bonchev–Trinajstić information content (AvgIpc) is 2.77. The number of carbonyl (C=O) groups excluding carboxylic acids is 3. The highest BCUT2D eigenvalue weighted by molar-refractivity contribution is 6.05. The molecule has 3 aromatic carbocycles. The Balaban J connectivity index is 1.49. The maximum absolute atomic E-state index is 12.5. The van der Waals surface area contributed by atoms with E-state index in [9.17, 15) is 14.4 Å². The Morgan fingerprint density at radius 2 is 1.47 bits per heavy atom. The summed E-state index contributed by atoms with van der Waals surface area (Å²) in [6.07, 6.45) is 0.891. The van der Waals surface area contributed by atoms with Crippen LogP contribution in [0, 0.1) is 0 Å². The van der Waals surface area contributed by atoms with Crippen molar-refractivity contribution < 1.29 is 23.9 Å². The zero-order valence-corrected chi connectivity index (χ0v) is 17.7. The number of para-hydroxylation sites is 1. The van der Waals surface area contributed by atoms with Gasteiger partial charge in [0.2, 0.25) is 5.91 Å². The van der Waals surface area contributed by atoms with Gasteiger partial charge in [-0.05, 0) is 55.0 Å². The molecule has 32 heavy (non-hydrogen) atoms. The van der Waals surface area contributed by atoms with Gasteiger partial charge in [-0.1, -0.05) is 30.3 Å². The summed E-state index contributed by atoms with van der Waals surface area (Å²) in [7, 11) is 0. The fraction of sp³-hybridized carbons (Fsp3) is 0.160. The van der Waals surface area contributed by atoms with Gasteiger partial charge in [0.05, 0.1) is 6.61 Å². The molecule has 0 fully saturated rings. The van der Waals surface area contributed by atoms with Gasteiger partial charge >= 0.3 is 5.97 Å². The predicted molar refractivity (Wildman–Crippen MR) is 122 cm³/mol. The Morgan fingerprint density at radius 1 is 0.781 bits per heavy atom. The maximum atomic E-state index is 12.5. The summed E-state index contributed by atoms with van der Waals surface area (Å²) < 4.78 is 10.6. The number of ether oxygens (including phenoxy) is 2. The number of nitrogens with one attached hydrogen (secondary N) is 2. The van der Waals surface area contributed by atoms with E-state index in [1.807, 2.05) is 30.3 Å². The SMILES string of the molecule is CC(=O)Oc1cccc(C(=O)Nc2cccc(NC(=O)CCCOc3ccccc3)c2)c1. The molecule has 0 bridgehead atoms. The molecule has 0 spiro atoms. The molecule has 7 heteroatoms. The van der Waals surface area contributed by atoms with Crippen molar-refractivity contribution in [2.24, 2.45) is 0 Å². The van der Waals surface area contributed by atoms with Crippen molar-refractivity contribution in [2.45, 2.75) is 19.8 Å². The fourth-order valence-electron chi connectivity index (χ4n) is 2.91. The van der Waals surface area contributed by atoms with Gasteiger partial charge in [-0.2, -0.15) is 0 Å². The highest BCUT2D eigenvalue weighted by Crippen LogP contribution is 2.19. The predicted octanol–water partition coefficient (Wildman–Crippen LogP) is 4.66. The van der Waals surface area contributed by atoms with E-state index >= 15 is 0 Å². The van der Waals surface area contributed by atoms with E-state index in [1.165, 1.54) is 13.0 Å². The van der Waals surface area contributed by atoms with Crippen LogP contribution in [-0.4, -0.2) is 24.4 Å². The number of carbonyl (C=O) groups is 3. The van der Waals surface area contributed by atoms with Crippen molar-refractivity contribution >= 4 is 29.2 Å². The van der Waals surface area contributed by atoms with E-state index in [1.54, 1.807) is 42.5 Å². The lowest BCUT2D eigenvalue weighted by Crippen LogP contribution is -2.14. The van der Waals surface area contributed by atoms with Crippen LogP contribution in [0.4, 0.5) is 11.4 Å². The quantitative estimate of drug-likeness (QED) is 0.291. The first-order valence-corrected chi connectivity index (χ1v) is 10.2. The molecule has 0 saturated heterocycles. The van der Waals surface area contributed by atoms with E-state index < -0.39 is 5.97 Å². The molecule has 0 aliphatic heterocycles. The third kappa shape index (κ3) is 7.28. The number of benzene rings is 3. The molecule has 0 aliphatic carbocycles. The molecule has 0 aliphatic rings. The van der Waals surface area contributed by atoms with Crippen LogP contribution in [0.15, 0.2) is 78.9 Å². The van der Waals surface area contributed by atoms with Gasteiger partial charge in [-0.25, -0.2) is 0 Å². The first-order valence-electron chi connectivity index (χ1n) is 10.2. The van der Waals surface area contributed by atoms with Gasteiger partial charge in [-0.15, -0.1) is 0 Å². The van der Waals surface area contributed by atoms with Crippen molar-refractivity contribution in [1.29, 1.82) is 0 Å². The van der Waals surface area contributed by atoms with E-state index in [-0.39, 0.29) is 11.8 Å². The Hall–Kier alpha value is -4.13. The minimum Gasteiger partial charge on any atom is -0.494 e. The molecule has 3 aromatic rings. The van der Waals surface area contributed by atoms with Gasteiger partial charge in [0.1, 0.15) is 11.5 Å². The van der Waals surface area contributed by atoms with Crippen LogP contribution in [0.5, 0.6) is 11.5 Å². The van der Waals surface area contributed by atoms with E-state index in [2.05, 4.69) is 10.6 Å². The van der Waals surface area contributed by atoms with Gasteiger partial charge in [0.25, 0.3) is 5.91 Å². The first-order chi connectivity index (χ1) is 15.5. The molecular formula is C25H24N2O5. The zero-order valence-electron chi connectivity index (χ0n) is 17.7. The standard InChI is InChI=1S/C25H24N2O5/c1-18(28)32-23-13-5-8-19(16-23)25(30)27-21-10-6-9-20(17-21)26-24(29)14-7-15-31-22-11-3-2-4-12-22/h2-6,8-13,16-17H,7,14-15H2,1H3,(H,26,29)(H,27,30). The van der Waals surface area contributed by atoms with Crippen molar-refractivity contribution in [1.82, 2.24) is 0 Å². The van der Waals surface area contributed by atoms with Gasteiger partial charge < -0.3 is 20.1 Å². The summed E-state index contributed by atoms with van der Waals surface area (Å²) in [5.41, 5.74) is 1.44. The van der Waals surface area contributed by atoms with Crippen LogP contribution in [-0.2, 0) is 9.59 Å². The second-order valence-corrected chi connectivity index (χ2v) is 6.97. The lowest BCUT2D eigenvalue weighted by atomic mass is 10.2. The average molecular weight is 432 g/mol. The molecule has 0 radical (unpaired) electrons. The smallest absolute Gasteiger partial charge is 0.308 e. The van der Waals surface area contributed by atoms with E-state index in [4.69, 9.17) is 9.47 Å². The third-order valence-corrected chi connectivity index (χ3v) is 4.32. The first kappa shape index (κ1) is 22.6. The highest BCUT2D eigenvalue weighted by Gasteiger charge is 2.09. The lowest BCUT2D eigenvalue weighted by molar-refractivity contribution is -0.131. The summed E-state index contributed by atoms with van der Waals surface area (Å²) in [4.78, 5) is 35.8. The van der Waals surface area contributed by atoms with Gasteiger partial charge in [0, 0.05) is 30.3 Å². The number of hydrogen-bond donors (Lipinski definition) is 2. The van der Waals surface area contributed by atoms with Crippen molar-refractivity contribution in [3.05, 3.63) is 84.4 Å². The maximum Gasteiger partial charge on any atom is 0.308 e. The molecule has 2 amide bonds. The summed E-state index contributed by atoms with van der Waals surface area (Å²) >= 11 is 0. The van der Waals surface area contributed by atoms with Crippen molar-refractivity contribution in [3.8, 4) is 11.5 Å². The highest BCUT2D eigenvalue weighted by atomic mass is 16.5. The second kappa shape index (κ2) is 11.3. The number of anilines is 2. The van der Waals surface area contributed by atoms with Crippen LogP contribution in [0.3, 0.4) is 0 Å². The minimum atomic E-state index is -0.461. The lowest BCUT2D eigenvalue weighted by Gasteiger charge is -2.10. The summed E-state index contributed by atoms with van der Waals surface area (Å²) in [6, 6.07) is 22.6. The molecule has 0 saturated carbocycles. The summed E-state index contributed by atoms with van der Waals surface area (Å²) in [6.45, 7) is 1.74. The Labute approximate surface area is 186 Å². The van der Waals surface area contributed by atoms with Crippen LogP contribution in [0.1, 0.15) is 30.1 Å². The molecule has 2 N–H and O–H groups in total. The number of rotatable bonds is 9. The summed E-state index contributed by atoms with van der Waals surface area (Å²) in [5, 5.41) is 5.59. The Kier molecular flexibility index (Phi) is 7.97. The van der Waals surface area contributed by atoms with Crippen molar-refractivity contribution in [3.63, 3.8) is 0 Å². The third-order valence-electron chi connectivity index (χ3n) is 4.32. The number of hydrogen-bond acceptors (Lipinski definition) is 5. The van der Waals surface area contributed by atoms with Crippen LogP contribution >= 0.6 is 0 Å². The zero-order chi connectivity index (χ0) is 22.8. The summed E-state index contributed by atoms with van der Waals surface area (Å²) in [5.74, 6) is 0.106. The van der Waals surface area contributed by atoms with Crippen molar-refractivity contribution in [2.75, 3.05) is 17.2 Å². The molecule has 7 nitrogen and oxygen atoms in total.